The molecule has 0 saturated carbocycles. The number of hydrogen-bond donors (Lipinski definition) is 2. The number of aliphatic carboxylic acids is 1. The van der Waals surface area contributed by atoms with Crippen LogP contribution in [-0.2, 0) is 24.2 Å². The molecule has 0 bridgehead atoms. The molecular weight excluding hydrogens is 464 g/mol. The molecule has 5 rings (SSSR count). The third kappa shape index (κ3) is 5.85. The number of nitrogens with zero attached hydrogens (tertiary/aromatic N) is 1. The van der Waals surface area contributed by atoms with Gasteiger partial charge in [-0.25, -0.2) is 4.98 Å². The number of nitrogens with one attached hydrogen (secondary N) is 1. The Morgan fingerprint density at radius 1 is 1.11 bits per heavy atom. The van der Waals surface area contributed by atoms with Crippen molar-refractivity contribution in [3.8, 4) is 17.2 Å². The van der Waals surface area contributed by atoms with Gasteiger partial charge in [0.15, 0.2) is 0 Å². The van der Waals surface area contributed by atoms with Crippen LogP contribution in [-0.4, -0.2) is 22.7 Å². The molecule has 6 heteroatoms. The second-order valence-electron chi connectivity index (χ2n) is 9.68. The number of aryl methyl sites for hydroxylation is 3. The van der Waals surface area contributed by atoms with E-state index < -0.39 is 5.97 Å². The van der Waals surface area contributed by atoms with Crippen LogP contribution in [0.5, 0.6) is 5.75 Å². The zero-order chi connectivity index (χ0) is 25.8. The lowest BCUT2D eigenvalue weighted by Gasteiger charge is -2.11. The van der Waals surface area contributed by atoms with Gasteiger partial charge in [0.25, 0.3) is 0 Å². The molecule has 2 N–H and O–H groups in total. The largest absolute Gasteiger partial charge is 0.493 e. The maximum Gasteiger partial charge on any atom is 0.303 e. The first-order valence-electron chi connectivity index (χ1n) is 12.8. The van der Waals surface area contributed by atoms with E-state index in [2.05, 4.69) is 42.6 Å². The Labute approximate surface area is 217 Å². The minimum absolute atomic E-state index is 0.105. The lowest BCUT2D eigenvalue weighted by Crippen LogP contribution is -2.04. The minimum atomic E-state index is -0.745. The molecule has 3 aromatic carbocycles. The van der Waals surface area contributed by atoms with Crippen LogP contribution in [0.25, 0.3) is 11.5 Å². The molecule has 4 aromatic rings. The van der Waals surface area contributed by atoms with Crippen LogP contribution in [0.15, 0.2) is 71.1 Å². The van der Waals surface area contributed by atoms with Crippen LogP contribution in [0.4, 0.5) is 5.69 Å². The molecule has 0 radical (unpaired) electrons. The van der Waals surface area contributed by atoms with Crippen molar-refractivity contribution >= 4 is 11.7 Å². The average Bonchev–Trinajstić information content (AvgIpc) is 3.46. The maximum atomic E-state index is 11.1. The van der Waals surface area contributed by atoms with E-state index in [0.29, 0.717) is 18.9 Å². The molecule has 0 spiro atoms. The number of benzene rings is 3. The molecule has 1 heterocycles. The summed E-state index contributed by atoms with van der Waals surface area (Å²) >= 11 is 0. The number of aromatic nitrogens is 1. The minimum Gasteiger partial charge on any atom is -0.493 e. The molecule has 1 atom stereocenters. The van der Waals surface area contributed by atoms with Gasteiger partial charge in [0.2, 0.25) is 5.89 Å². The van der Waals surface area contributed by atoms with E-state index in [4.69, 9.17) is 19.2 Å². The van der Waals surface area contributed by atoms with Gasteiger partial charge >= 0.3 is 5.97 Å². The van der Waals surface area contributed by atoms with E-state index in [-0.39, 0.29) is 12.3 Å². The monoisotopic (exact) mass is 496 g/mol. The van der Waals surface area contributed by atoms with E-state index >= 15 is 0 Å². The second kappa shape index (κ2) is 10.9. The Balaban J connectivity index is 1.21. The van der Waals surface area contributed by atoms with E-state index in [0.717, 1.165) is 53.4 Å². The highest BCUT2D eigenvalue weighted by atomic mass is 16.5. The van der Waals surface area contributed by atoms with Crippen molar-refractivity contribution in [1.29, 1.82) is 0 Å². The quantitative estimate of drug-likeness (QED) is 0.254. The Kier molecular flexibility index (Phi) is 7.26. The van der Waals surface area contributed by atoms with Crippen molar-refractivity contribution in [2.75, 3.05) is 11.9 Å². The SMILES string of the molecule is Cc1ccc(-c2nc(CCOc3ccc4c(c3)CC[C@H]4CC(=O)O)c(C)o2)cc1NCc1ccccc1. The first-order chi connectivity index (χ1) is 18.0. The first-order valence-corrected chi connectivity index (χ1v) is 12.8. The predicted molar refractivity (Wildman–Crippen MR) is 144 cm³/mol. The van der Waals surface area contributed by atoms with Crippen molar-refractivity contribution in [1.82, 2.24) is 4.98 Å². The van der Waals surface area contributed by atoms with Crippen LogP contribution in [0.1, 0.15) is 52.5 Å². The number of anilines is 1. The lowest BCUT2D eigenvalue weighted by atomic mass is 9.98. The summed E-state index contributed by atoms with van der Waals surface area (Å²) in [6, 6.07) is 22.5. The fraction of sp³-hybridized carbons (Fsp3) is 0.290. The number of hydrogen-bond acceptors (Lipinski definition) is 5. The number of fused-ring (bicyclic) bond motifs is 1. The standard InChI is InChI=1S/C31H32N2O4/c1-20-8-9-25(17-29(20)32-19-22-6-4-3-5-7-22)31-33-28(21(2)37-31)14-15-36-26-12-13-27-23(16-26)10-11-24(27)18-30(34)35/h3-9,12-13,16-17,24,32H,10-11,14-15,18-19H2,1-2H3,(H,34,35)/t24-/m0/s1. The third-order valence-electron chi connectivity index (χ3n) is 7.05. The molecular formula is C31H32N2O4. The summed E-state index contributed by atoms with van der Waals surface area (Å²) in [4.78, 5) is 15.9. The highest BCUT2D eigenvalue weighted by Gasteiger charge is 2.25. The highest BCUT2D eigenvalue weighted by molar-refractivity contribution is 5.68. The van der Waals surface area contributed by atoms with Crippen LogP contribution in [0.2, 0.25) is 0 Å². The van der Waals surface area contributed by atoms with Crippen molar-refractivity contribution in [3.05, 3.63) is 100 Å². The van der Waals surface area contributed by atoms with Gasteiger partial charge in [-0.15, -0.1) is 0 Å². The van der Waals surface area contributed by atoms with E-state index in [1.807, 2.05) is 43.3 Å². The molecule has 0 saturated heterocycles. The first kappa shape index (κ1) is 24.6. The Bertz CT molecular complexity index is 1390. The maximum absolute atomic E-state index is 11.1. The normalized spacial score (nSPS) is 14.4. The van der Waals surface area contributed by atoms with Gasteiger partial charge in [0.1, 0.15) is 11.5 Å². The van der Waals surface area contributed by atoms with Crippen LogP contribution in [0, 0.1) is 13.8 Å². The van der Waals surface area contributed by atoms with Gasteiger partial charge in [-0.3, -0.25) is 4.79 Å². The fourth-order valence-corrected chi connectivity index (χ4v) is 4.98. The van der Waals surface area contributed by atoms with Gasteiger partial charge in [0, 0.05) is 24.2 Å². The summed E-state index contributed by atoms with van der Waals surface area (Å²) in [5, 5.41) is 12.7. The molecule has 0 unspecified atom stereocenters. The summed E-state index contributed by atoms with van der Waals surface area (Å²) in [7, 11) is 0. The van der Waals surface area contributed by atoms with E-state index in [9.17, 15) is 4.79 Å². The smallest absolute Gasteiger partial charge is 0.303 e. The summed E-state index contributed by atoms with van der Waals surface area (Å²) < 4.78 is 12.0. The second-order valence-corrected chi connectivity index (χ2v) is 9.68. The van der Waals surface area contributed by atoms with Gasteiger partial charge < -0.3 is 19.6 Å². The molecule has 0 amide bonds. The van der Waals surface area contributed by atoms with Crippen LogP contribution < -0.4 is 10.1 Å². The molecule has 1 aromatic heterocycles. The molecule has 0 aliphatic heterocycles. The zero-order valence-corrected chi connectivity index (χ0v) is 21.3. The summed E-state index contributed by atoms with van der Waals surface area (Å²) in [5.41, 5.74) is 7.61. The molecule has 37 heavy (non-hydrogen) atoms. The van der Waals surface area contributed by atoms with Gasteiger partial charge in [0.05, 0.1) is 18.7 Å². The van der Waals surface area contributed by atoms with E-state index in [1.165, 1.54) is 16.7 Å². The van der Waals surface area contributed by atoms with Crippen LogP contribution in [0.3, 0.4) is 0 Å². The van der Waals surface area contributed by atoms with Gasteiger partial charge in [-0.2, -0.15) is 0 Å². The van der Waals surface area contributed by atoms with Crippen molar-refractivity contribution in [3.63, 3.8) is 0 Å². The van der Waals surface area contributed by atoms with Crippen molar-refractivity contribution < 1.29 is 19.1 Å². The van der Waals surface area contributed by atoms with E-state index in [1.54, 1.807) is 0 Å². The number of carboxylic acid groups (broad SMARTS) is 1. The average molecular weight is 497 g/mol. The predicted octanol–water partition coefficient (Wildman–Crippen LogP) is 6.70. The summed E-state index contributed by atoms with van der Waals surface area (Å²) in [5.74, 6) is 1.57. The Hall–Kier alpha value is -4.06. The molecule has 1 aliphatic carbocycles. The number of ether oxygens (including phenoxy) is 1. The van der Waals surface area contributed by atoms with Crippen molar-refractivity contribution in [2.45, 2.75) is 52.0 Å². The molecule has 6 nitrogen and oxygen atoms in total. The number of rotatable bonds is 10. The number of carbonyl (C=O) groups is 1. The van der Waals surface area contributed by atoms with Gasteiger partial charge in [-0.1, -0.05) is 42.5 Å². The molecule has 1 aliphatic rings. The van der Waals surface area contributed by atoms with Gasteiger partial charge in [-0.05, 0) is 79.1 Å². The third-order valence-corrected chi connectivity index (χ3v) is 7.05. The van der Waals surface area contributed by atoms with Crippen molar-refractivity contribution in [2.24, 2.45) is 0 Å². The van der Waals surface area contributed by atoms with Crippen LogP contribution >= 0.6 is 0 Å². The summed E-state index contributed by atoms with van der Waals surface area (Å²) in [6.45, 7) is 5.27. The zero-order valence-electron chi connectivity index (χ0n) is 21.3. The Morgan fingerprint density at radius 2 is 1.95 bits per heavy atom. The number of carboxylic acids is 1. The topological polar surface area (TPSA) is 84.6 Å². The lowest BCUT2D eigenvalue weighted by molar-refractivity contribution is -0.137. The Morgan fingerprint density at radius 3 is 2.76 bits per heavy atom. The number of oxazole rings is 1. The summed E-state index contributed by atoms with van der Waals surface area (Å²) in [6.07, 6.45) is 2.61. The molecule has 190 valence electrons. The highest BCUT2D eigenvalue weighted by Crippen LogP contribution is 2.37. The fourth-order valence-electron chi connectivity index (χ4n) is 4.98. The molecule has 0 fully saturated rings.